The van der Waals surface area contributed by atoms with Crippen LogP contribution in [0, 0.1) is 12.3 Å². The summed E-state index contributed by atoms with van der Waals surface area (Å²) >= 11 is 0. The van der Waals surface area contributed by atoms with Gasteiger partial charge in [0.25, 0.3) is 5.56 Å². The van der Waals surface area contributed by atoms with E-state index in [1.807, 2.05) is 0 Å². The molecule has 0 saturated heterocycles. The second-order valence-corrected chi connectivity index (χ2v) is 9.73. The zero-order valence-electron chi connectivity index (χ0n) is 18.5. The molecule has 0 aromatic carbocycles. The average Bonchev–Trinajstić information content (AvgIpc) is 2.76. The van der Waals surface area contributed by atoms with Crippen molar-refractivity contribution in [2.75, 3.05) is 22.3 Å². The summed E-state index contributed by atoms with van der Waals surface area (Å²) in [6.45, 7) is 3.30. The third-order valence-electron chi connectivity index (χ3n) is 5.22. The summed E-state index contributed by atoms with van der Waals surface area (Å²) in [5, 5.41) is 10.6. The zero-order chi connectivity index (χ0) is 24.3. The Morgan fingerprint density at radius 3 is 2.58 bits per heavy atom. The number of pyridine rings is 2. The summed E-state index contributed by atoms with van der Waals surface area (Å²) in [5.41, 5.74) is 1.70. The molecule has 0 aliphatic heterocycles. The average molecular weight is 478 g/mol. The van der Waals surface area contributed by atoms with E-state index < -0.39 is 16.0 Å². The monoisotopic (exact) mass is 477 g/mol. The second-order valence-electron chi connectivity index (χ2n) is 7.72. The van der Waals surface area contributed by atoms with Crippen molar-refractivity contribution in [3.8, 4) is 11.3 Å². The minimum Gasteiger partial charge on any atom is -0.380 e. The van der Waals surface area contributed by atoms with Crippen LogP contribution in [0.3, 0.4) is 0 Å². The molecule has 2 aromatic rings. The summed E-state index contributed by atoms with van der Waals surface area (Å²) < 4.78 is 55.7. The van der Waals surface area contributed by atoms with Gasteiger partial charge in [-0.2, -0.15) is 4.39 Å². The van der Waals surface area contributed by atoms with E-state index in [1.54, 1.807) is 26.1 Å². The van der Waals surface area contributed by atoms with E-state index >= 15 is 0 Å². The first kappa shape index (κ1) is 24.3. The van der Waals surface area contributed by atoms with E-state index in [-0.39, 0.29) is 52.9 Å². The maximum atomic E-state index is 14.3. The fourth-order valence-electron chi connectivity index (χ4n) is 3.38. The molecule has 8 nitrogen and oxygen atoms in total. The highest BCUT2D eigenvalue weighted by Crippen LogP contribution is 2.31. The summed E-state index contributed by atoms with van der Waals surface area (Å²) in [7, 11) is -2.25. The molecule has 0 radical (unpaired) electrons. The maximum Gasteiger partial charge on any atom is 0.253 e. The predicted octanol–water partition coefficient (Wildman–Crippen LogP) is 3.80. The number of aromatic nitrogens is 2. The Morgan fingerprint density at radius 2 is 2.00 bits per heavy atom. The highest BCUT2D eigenvalue weighted by molar-refractivity contribution is 7.92. The Labute approximate surface area is 190 Å². The molecule has 2 aromatic heterocycles. The van der Waals surface area contributed by atoms with Gasteiger partial charge < -0.3 is 9.88 Å². The largest absolute Gasteiger partial charge is 0.380 e. The van der Waals surface area contributed by atoms with Crippen LogP contribution in [0.5, 0.6) is 0 Å². The third kappa shape index (κ3) is 5.72. The lowest BCUT2D eigenvalue weighted by Crippen LogP contribution is -2.20. The number of hydrogen-bond donors (Lipinski definition) is 3. The van der Waals surface area contributed by atoms with Crippen LogP contribution in [0.1, 0.15) is 30.9 Å². The molecule has 33 heavy (non-hydrogen) atoms. The summed E-state index contributed by atoms with van der Waals surface area (Å²) in [5.74, 6) is -2.20. The number of sulfonamides is 1. The Balaban J connectivity index is 2.15. The first-order valence-corrected chi connectivity index (χ1v) is 11.9. The number of anilines is 2. The zero-order valence-corrected chi connectivity index (χ0v) is 19.3. The number of rotatable bonds is 8. The molecule has 176 valence electrons. The lowest BCUT2D eigenvalue weighted by molar-refractivity contribution is 0.581. The van der Waals surface area contributed by atoms with E-state index in [2.05, 4.69) is 15.0 Å². The molecule has 2 heterocycles. The van der Waals surface area contributed by atoms with Crippen molar-refractivity contribution in [1.29, 1.82) is 5.41 Å². The molecule has 0 spiro atoms. The molecule has 11 heteroatoms. The normalized spacial score (nSPS) is 13.8. The van der Waals surface area contributed by atoms with Crippen molar-refractivity contribution < 1.29 is 17.2 Å². The van der Waals surface area contributed by atoms with Crippen molar-refractivity contribution in [2.24, 2.45) is 7.05 Å². The van der Waals surface area contributed by atoms with Crippen molar-refractivity contribution in [2.45, 2.75) is 26.7 Å². The van der Waals surface area contributed by atoms with Gasteiger partial charge in [0, 0.05) is 37.3 Å². The first-order chi connectivity index (χ1) is 15.5. The fourth-order valence-corrected chi connectivity index (χ4v) is 3.96. The van der Waals surface area contributed by atoms with Gasteiger partial charge in [-0.25, -0.2) is 17.8 Å². The number of aryl methyl sites for hydroxylation is 2. The van der Waals surface area contributed by atoms with Gasteiger partial charge in [-0.1, -0.05) is 11.6 Å². The molecule has 0 bridgehead atoms. The lowest BCUT2D eigenvalue weighted by Gasteiger charge is -2.18. The molecule has 3 N–H and O–H groups in total. The maximum absolute atomic E-state index is 14.3. The fraction of sp³-hybridized carbons (Fsp3) is 0.318. The van der Waals surface area contributed by atoms with Crippen LogP contribution >= 0.6 is 0 Å². The van der Waals surface area contributed by atoms with Gasteiger partial charge in [-0.05, 0) is 38.5 Å². The van der Waals surface area contributed by atoms with E-state index in [1.165, 1.54) is 29.8 Å². The summed E-state index contributed by atoms with van der Waals surface area (Å²) in [6, 6.07) is 3.09. The Morgan fingerprint density at radius 1 is 1.27 bits per heavy atom. The molecule has 0 fully saturated rings. The first-order valence-electron chi connectivity index (χ1n) is 10.3. The van der Waals surface area contributed by atoms with Crippen LogP contribution in [0.15, 0.2) is 46.7 Å². The van der Waals surface area contributed by atoms with Gasteiger partial charge in [-0.15, -0.1) is 0 Å². The van der Waals surface area contributed by atoms with Crippen LogP contribution in [-0.4, -0.2) is 36.2 Å². The van der Waals surface area contributed by atoms with Crippen LogP contribution in [-0.2, 0) is 17.1 Å². The molecule has 0 atom stereocenters. The topological polar surface area (TPSA) is 117 Å². The van der Waals surface area contributed by atoms with Gasteiger partial charge in [0.05, 0.1) is 22.7 Å². The molecule has 0 amide bonds. The minimum atomic E-state index is -3.83. The van der Waals surface area contributed by atoms with Gasteiger partial charge in [0.2, 0.25) is 16.0 Å². The Bertz CT molecular complexity index is 1300. The molecule has 0 saturated carbocycles. The number of allylic oxidation sites excluding steroid dienone is 3. The van der Waals surface area contributed by atoms with Gasteiger partial charge in [0.15, 0.2) is 5.82 Å². The van der Waals surface area contributed by atoms with Crippen LogP contribution in [0.4, 0.5) is 20.3 Å². The Kier molecular flexibility index (Phi) is 7.11. The molecule has 1 aliphatic rings. The van der Waals surface area contributed by atoms with E-state index in [0.717, 1.165) is 5.57 Å². The predicted molar refractivity (Wildman–Crippen MR) is 126 cm³/mol. The smallest absolute Gasteiger partial charge is 0.253 e. The van der Waals surface area contributed by atoms with E-state index in [9.17, 15) is 22.0 Å². The van der Waals surface area contributed by atoms with Crippen molar-refractivity contribution in [3.63, 3.8) is 0 Å². The van der Waals surface area contributed by atoms with Crippen molar-refractivity contribution in [3.05, 3.63) is 63.4 Å². The summed E-state index contributed by atoms with van der Waals surface area (Å²) in [6.07, 6.45) is 5.28. The summed E-state index contributed by atoms with van der Waals surface area (Å²) in [4.78, 5) is 16.4. The van der Waals surface area contributed by atoms with Crippen molar-refractivity contribution in [1.82, 2.24) is 9.55 Å². The third-order valence-corrected chi connectivity index (χ3v) is 6.48. The number of halogens is 2. The number of nitrogens with zero attached hydrogens (tertiary/aromatic N) is 2. The van der Waals surface area contributed by atoms with Gasteiger partial charge >= 0.3 is 0 Å². The van der Waals surface area contributed by atoms with Crippen molar-refractivity contribution >= 4 is 27.5 Å². The van der Waals surface area contributed by atoms with E-state index in [4.69, 9.17) is 5.41 Å². The number of nitrogens with one attached hydrogen (secondary N) is 3. The molecule has 0 unspecified atom stereocenters. The van der Waals surface area contributed by atoms with Crippen LogP contribution in [0.2, 0.25) is 0 Å². The minimum absolute atomic E-state index is 0.142. The van der Waals surface area contributed by atoms with Crippen LogP contribution in [0.25, 0.3) is 11.3 Å². The quantitative estimate of drug-likeness (QED) is 0.500. The molecular formula is C22H25F2N5O3S. The molecule has 3 rings (SSSR count). The SMILES string of the molecule is CCS(=O)(=O)Nc1nc(-c2cc(C)c(=O)n(C)c2)cc(NCC2=CC=C(F)CC2)c1C(=N)F. The lowest BCUT2D eigenvalue weighted by atomic mass is 10.0. The van der Waals surface area contributed by atoms with Gasteiger partial charge in [-0.3, -0.25) is 14.9 Å². The highest BCUT2D eigenvalue weighted by Gasteiger charge is 2.22. The standard InChI is InChI=1S/C22H25F2N5O3S/c1-4-33(31,32)28-21-19(20(24)25)18(26-11-14-5-7-16(23)8-6-14)10-17(27-21)15-9-13(2)22(30)29(3)12-15/h5,7,9-10,12,25H,4,6,8,11H2,1-3H3,(H2,26,27,28). The molecule has 1 aliphatic carbocycles. The highest BCUT2D eigenvalue weighted by atomic mass is 32.2. The molecular weight excluding hydrogens is 452 g/mol. The van der Waals surface area contributed by atoms with Gasteiger partial charge in [0.1, 0.15) is 5.83 Å². The van der Waals surface area contributed by atoms with Crippen LogP contribution < -0.4 is 15.6 Å². The van der Waals surface area contributed by atoms with E-state index in [0.29, 0.717) is 17.5 Å². The number of hydrogen-bond acceptors (Lipinski definition) is 6. The Hall–Kier alpha value is -3.34. The second kappa shape index (κ2) is 9.65.